The number of hydrogen-bond acceptors (Lipinski definition) is 2. The van der Waals surface area contributed by atoms with E-state index >= 15 is 0 Å². The summed E-state index contributed by atoms with van der Waals surface area (Å²) < 4.78 is 39.8. The number of alkyl halides is 1. The summed E-state index contributed by atoms with van der Waals surface area (Å²) in [5.41, 5.74) is -1.20. The number of halogens is 4. The van der Waals surface area contributed by atoms with Gasteiger partial charge in [0.05, 0.1) is 11.0 Å². The minimum atomic E-state index is -1.67. The van der Waals surface area contributed by atoms with Gasteiger partial charge >= 0.3 is 0 Å². The highest BCUT2D eigenvalue weighted by Gasteiger charge is 2.33. The van der Waals surface area contributed by atoms with E-state index in [1.54, 1.807) is 18.7 Å². The van der Waals surface area contributed by atoms with Gasteiger partial charge in [0.25, 0.3) is 5.91 Å². The number of rotatable bonds is 4. The fourth-order valence-corrected chi connectivity index (χ4v) is 2.79. The van der Waals surface area contributed by atoms with E-state index < -0.39 is 34.3 Å². The molecule has 0 saturated carbocycles. The molecule has 1 fully saturated rings. The summed E-state index contributed by atoms with van der Waals surface area (Å²) in [6.07, 6.45) is 0.974. The van der Waals surface area contributed by atoms with E-state index in [2.05, 4.69) is 5.32 Å². The van der Waals surface area contributed by atoms with Gasteiger partial charge in [0.15, 0.2) is 17.5 Å². The second-order valence-corrected chi connectivity index (χ2v) is 7.05. The molecule has 0 bridgehead atoms. The molecular weight excluding hydrogens is 357 g/mol. The first kappa shape index (κ1) is 19.6. The summed E-state index contributed by atoms with van der Waals surface area (Å²) >= 11 is 5.81. The monoisotopic (exact) mass is 376 g/mol. The lowest BCUT2D eigenvalue weighted by Gasteiger charge is -2.36. The largest absolute Gasteiger partial charge is 0.349 e. The summed E-state index contributed by atoms with van der Waals surface area (Å²) in [6.45, 7) is 4.40. The Kier molecular flexibility index (Phi) is 5.98. The Bertz CT molecular complexity index is 674. The lowest BCUT2D eigenvalue weighted by Crippen LogP contribution is -2.50. The van der Waals surface area contributed by atoms with Gasteiger partial charge in [-0.15, -0.1) is 11.6 Å². The number of amides is 2. The standard InChI is InChI=1S/C17H20ClF3N2O2/c1-17(2,9-18)16(25)23-7-5-10(6-8-23)22-15(24)11-3-4-12(19)14(21)13(11)20/h3-4,10H,5-9H2,1-2H3,(H,22,24). The third-order valence-corrected chi connectivity index (χ3v) is 4.98. The predicted molar refractivity (Wildman–Crippen MR) is 87.9 cm³/mol. The molecule has 1 aliphatic rings. The van der Waals surface area contributed by atoms with Gasteiger partial charge in [-0.25, -0.2) is 13.2 Å². The van der Waals surface area contributed by atoms with Gasteiger partial charge in [0.2, 0.25) is 5.91 Å². The van der Waals surface area contributed by atoms with Crippen molar-refractivity contribution in [2.45, 2.75) is 32.7 Å². The molecule has 0 radical (unpaired) electrons. The van der Waals surface area contributed by atoms with Crippen LogP contribution in [-0.4, -0.2) is 41.7 Å². The first-order valence-corrected chi connectivity index (χ1v) is 8.50. The van der Waals surface area contributed by atoms with Crippen molar-refractivity contribution in [2.75, 3.05) is 19.0 Å². The van der Waals surface area contributed by atoms with Gasteiger partial charge in [0, 0.05) is 25.0 Å². The van der Waals surface area contributed by atoms with Crippen molar-refractivity contribution < 1.29 is 22.8 Å². The van der Waals surface area contributed by atoms with Crippen LogP contribution in [-0.2, 0) is 4.79 Å². The second kappa shape index (κ2) is 7.64. The Morgan fingerprint density at radius 1 is 1.20 bits per heavy atom. The van der Waals surface area contributed by atoms with E-state index in [0.717, 1.165) is 6.07 Å². The van der Waals surface area contributed by atoms with Crippen molar-refractivity contribution in [3.63, 3.8) is 0 Å². The fourth-order valence-electron chi connectivity index (χ4n) is 2.68. The molecule has 0 spiro atoms. The Morgan fingerprint density at radius 2 is 1.80 bits per heavy atom. The number of piperidine rings is 1. The molecule has 1 N–H and O–H groups in total. The zero-order valence-electron chi connectivity index (χ0n) is 14.0. The molecule has 0 aliphatic carbocycles. The minimum absolute atomic E-state index is 0.0565. The zero-order valence-corrected chi connectivity index (χ0v) is 14.8. The molecule has 0 unspecified atom stereocenters. The summed E-state index contributed by atoms with van der Waals surface area (Å²) in [5, 5.41) is 2.60. The maximum absolute atomic E-state index is 13.7. The summed E-state index contributed by atoms with van der Waals surface area (Å²) in [4.78, 5) is 26.1. The molecule has 1 aliphatic heterocycles. The van der Waals surface area contributed by atoms with Crippen LogP contribution >= 0.6 is 11.6 Å². The average molecular weight is 377 g/mol. The Balaban J connectivity index is 1.95. The second-order valence-electron chi connectivity index (χ2n) is 6.78. The molecule has 2 amide bonds. The number of benzene rings is 1. The fraction of sp³-hybridized carbons (Fsp3) is 0.529. The molecule has 4 nitrogen and oxygen atoms in total. The number of likely N-dealkylation sites (tertiary alicyclic amines) is 1. The lowest BCUT2D eigenvalue weighted by molar-refractivity contribution is -0.140. The Labute approximate surface area is 149 Å². The van der Waals surface area contributed by atoms with Crippen LogP contribution in [0.2, 0.25) is 0 Å². The van der Waals surface area contributed by atoms with Crippen LogP contribution in [0.5, 0.6) is 0 Å². The first-order chi connectivity index (χ1) is 11.7. The summed E-state index contributed by atoms with van der Waals surface area (Å²) in [5.74, 6) is -5.17. The van der Waals surface area contributed by atoms with E-state index in [9.17, 15) is 22.8 Å². The smallest absolute Gasteiger partial charge is 0.254 e. The van der Waals surface area contributed by atoms with Gasteiger partial charge in [-0.05, 0) is 38.8 Å². The van der Waals surface area contributed by atoms with Crippen molar-refractivity contribution in [3.8, 4) is 0 Å². The Morgan fingerprint density at radius 3 is 2.36 bits per heavy atom. The number of carbonyl (C=O) groups excluding carboxylic acids is 2. The van der Waals surface area contributed by atoms with Crippen LogP contribution in [0.15, 0.2) is 12.1 Å². The van der Waals surface area contributed by atoms with E-state index in [0.29, 0.717) is 32.0 Å². The number of nitrogens with zero attached hydrogens (tertiary/aromatic N) is 1. The zero-order chi connectivity index (χ0) is 18.8. The third-order valence-electron chi connectivity index (χ3n) is 4.31. The topological polar surface area (TPSA) is 49.4 Å². The minimum Gasteiger partial charge on any atom is -0.349 e. The summed E-state index contributed by atoms with van der Waals surface area (Å²) in [6, 6.07) is 1.34. The normalized spacial score (nSPS) is 16.0. The third kappa shape index (κ3) is 4.26. The molecule has 25 heavy (non-hydrogen) atoms. The van der Waals surface area contributed by atoms with Crippen LogP contribution in [0.3, 0.4) is 0 Å². The van der Waals surface area contributed by atoms with Gasteiger partial charge in [-0.1, -0.05) is 0 Å². The molecule has 1 saturated heterocycles. The highest BCUT2D eigenvalue weighted by Crippen LogP contribution is 2.23. The van der Waals surface area contributed by atoms with Crippen molar-refractivity contribution >= 4 is 23.4 Å². The van der Waals surface area contributed by atoms with Crippen LogP contribution < -0.4 is 5.32 Å². The average Bonchev–Trinajstić information content (AvgIpc) is 2.59. The lowest BCUT2D eigenvalue weighted by atomic mass is 9.92. The number of carbonyl (C=O) groups is 2. The molecule has 1 aromatic carbocycles. The highest BCUT2D eigenvalue weighted by atomic mass is 35.5. The Hall–Kier alpha value is -1.76. The van der Waals surface area contributed by atoms with Crippen molar-refractivity contribution in [1.82, 2.24) is 10.2 Å². The number of hydrogen-bond donors (Lipinski definition) is 1. The molecule has 0 aromatic heterocycles. The van der Waals surface area contributed by atoms with Crippen LogP contribution in [0.25, 0.3) is 0 Å². The van der Waals surface area contributed by atoms with E-state index in [1.807, 2.05) is 0 Å². The quantitative estimate of drug-likeness (QED) is 0.648. The highest BCUT2D eigenvalue weighted by molar-refractivity contribution is 6.19. The molecule has 0 atom stereocenters. The van der Waals surface area contributed by atoms with Gasteiger partial charge in [-0.2, -0.15) is 0 Å². The molecule has 1 aromatic rings. The van der Waals surface area contributed by atoms with Crippen molar-refractivity contribution in [2.24, 2.45) is 5.41 Å². The van der Waals surface area contributed by atoms with Gasteiger partial charge < -0.3 is 10.2 Å². The molecule has 8 heteroatoms. The molecular formula is C17H20ClF3N2O2. The van der Waals surface area contributed by atoms with Crippen LogP contribution in [0, 0.1) is 22.9 Å². The predicted octanol–water partition coefficient (Wildman–Crippen LogP) is 3.09. The van der Waals surface area contributed by atoms with E-state index in [1.165, 1.54) is 0 Å². The maximum atomic E-state index is 13.7. The van der Waals surface area contributed by atoms with Crippen LogP contribution in [0.4, 0.5) is 13.2 Å². The van der Waals surface area contributed by atoms with E-state index in [4.69, 9.17) is 11.6 Å². The van der Waals surface area contributed by atoms with Gasteiger partial charge in [0.1, 0.15) is 0 Å². The molecule has 138 valence electrons. The summed E-state index contributed by atoms with van der Waals surface area (Å²) in [7, 11) is 0. The van der Waals surface area contributed by atoms with E-state index in [-0.39, 0.29) is 17.8 Å². The van der Waals surface area contributed by atoms with Crippen molar-refractivity contribution in [1.29, 1.82) is 0 Å². The first-order valence-electron chi connectivity index (χ1n) is 7.97. The van der Waals surface area contributed by atoms with Crippen LogP contribution in [0.1, 0.15) is 37.0 Å². The molecule has 2 rings (SSSR count). The maximum Gasteiger partial charge on any atom is 0.254 e. The molecule has 1 heterocycles. The SMILES string of the molecule is CC(C)(CCl)C(=O)N1CCC(NC(=O)c2ccc(F)c(F)c2F)CC1. The van der Waals surface area contributed by atoms with Crippen molar-refractivity contribution in [3.05, 3.63) is 35.1 Å². The number of nitrogens with one attached hydrogen (secondary N) is 1. The van der Waals surface area contributed by atoms with Gasteiger partial charge in [-0.3, -0.25) is 9.59 Å².